The van der Waals surface area contributed by atoms with Crippen LogP contribution in [0.1, 0.15) is 41.0 Å². The Labute approximate surface area is 69.9 Å². The average molecular weight is 153 g/mol. The van der Waals surface area contributed by atoms with Crippen molar-refractivity contribution in [2.45, 2.75) is 46.6 Å². The van der Waals surface area contributed by atoms with E-state index in [1.165, 1.54) is 17.7 Å². The fourth-order valence-electron chi connectivity index (χ4n) is 1.95. The lowest BCUT2D eigenvalue weighted by Crippen LogP contribution is -2.43. The normalized spacial score (nSPS) is 30.1. The van der Waals surface area contributed by atoms with E-state index in [9.17, 15) is 0 Å². The monoisotopic (exact) mass is 153 g/mol. The van der Waals surface area contributed by atoms with Crippen LogP contribution in [0, 0.1) is 5.92 Å². The van der Waals surface area contributed by atoms with Gasteiger partial charge in [0.15, 0.2) is 0 Å². The van der Waals surface area contributed by atoms with Gasteiger partial charge >= 0.3 is 0 Å². The van der Waals surface area contributed by atoms with Crippen LogP contribution in [0.15, 0.2) is 11.3 Å². The lowest BCUT2D eigenvalue weighted by molar-refractivity contribution is 0.323. The number of allylic oxidation sites excluding steroid dienone is 2. The molecule has 1 unspecified atom stereocenters. The van der Waals surface area contributed by atoms with Gasteiger partial charge in [0.1, 0.15) is 0 Å². The van der Waals surface area contributed by atoms with Gasteiger partial charge in [0.05, 0.1) is 0 Å². The molecule has 0 saturated heterocycles. The van der Waals surface area contributed by atoms with Crippen molar-refractivity contribution in [2.75, 3.05) is 0 Å². The second-order valence-electron chi connectivity index (χ2n) is 4.42. The van der Waals surface area contributed by atoms with Gasteiger partial charge in [-0.25, -0.2) is 0 Å². The van der Waals surface area contributed by atoms with E-state index in [-0.39, 0.29) is 0 Å². The first-order chi connectivity index (χ1) is 4.92. The Hall–Kier alpha value is -0.460. The molecule has 0 amide bonds. The molecule has 0 aromatic carbocycles. The van der Waals surface area contributed by atoms with Crippen molar-refractivity contribution in [1.82, 2.24) is 5.32 Å². The number of rotatable bonds is 0. The fourth-order valence-corrected chi connectivity index (χ4v) is 1.95. The van der Waals surface area contributed by atoms with Gasteiger partial charge in [0.25, 0.3) is 0 Å². The topological polar surface area (TPSA) is 12.0 Å². The van der Waals surface area contributed by atoms with E-state index in [4.69, 9.17) is 0 Å². The minimum atomic E-state index is 0.295. The molecule has 0 radical (unpaired) electrons. The highest BCUT2D eigenvalue weighted by Gasteiger charge is 2.26. The van der Waals surface area contributed by atoms with Gasteiger partial charge in [-0.3, -0.25) is 0 Å². The Bertz CT molecular complexity index is 189. The Kier molecular flexibility index (Phi) is 2.00. The summed E-state index contributed by atoms with van der Waals surface area (Å²) in [5.41, 5.74) is 3.18. The predicted octanol–water partition coefficient (Wildman–Crippen LogP) is 2.69. The third-order valence-corrected chi connectivity index (χ3v) is 2.67. The predicted molar refractivity (Wildman–Crippen MR) is 49.4 cm³/mol. The minimum Gasteiger partial charge on any atom is -0.384 e. The molecule has 1 nitrogen and oxygen atoms in total. The third-order valence-electron chi connectivity index (χ3n) is 2.67. The van der Waals surface area contributed by atoms with Crippen LogP contribution in [0.3, 0.4) is 0 Å². The Balaban J connectivity index is 2.85. The molecule has 1 heterocycles. The van der Waals surface area contributed by atoms with Crippen molar-refractivity contribution in [3.05, 3.63) is 11.3 Å². The van der Waals surface area contributed by atoms with Gasteiger partial charge in [-0.05, 0) is 40.0 Å². The average Bonchev–Trinajstić information content (AvgIpc) is 1.81. The molecule has 1 rings (SSSR count). The number of nitrogens with one attached hydrogen (secondary N) is 1. The molecule has 0 aromatic heterocycles. The quantitative estimate of drug-likeness (QED) is 0.564. The molecule has 0 bridgehead atoms. The van der Waals surface area contributed by atoms with Crippen molar-refractivity contribution in [3.63, 3.8) is 0 Å². The van der Waals surface area contributed by atoms with Crippen molar-refractivity contribution >= 4 is 0 Å². The van der Waals surface area contributed by atoms with E-state index in [0.29, 0.717) is 5.54 Å². The summed E-state index contributed by atoms with van der Waals surface area (Å²) in [6, 6.07) is 0. The third kappa shape index (κ3) is 1.76. The van der Waals surface area contributed by atoms with Crippen LogP contribution in [0.4, 0.5) is 0 Å². The molecule has 0 saturated carbocycles. The van der Waals surface area contributed by atoms with Gasteiger partial charge in [0, 0.05) is 11.2 Å². The van der Waals surface area contributed by atoms with Crippen molar-refractivity contribution in [1.29, 1.82) is 0 Å². The Morgan fingerprint density at radius 3 is 2.36 bits per heavy atom. The summed E-state index contributed by atoms with van der Waals surface area (Å²) in [4.78, 5) is 0. The highest BCUT2D eigenvalue weighted by Crippen LogP contribution is 2.29. The van der Waals surface area contributed by atoms with Crippen LogP contribution >= 0.6 is 0 Å². The van der Waals surface area contributed by atoms with Crippen molar-refractivity contribution in [3.8, 4) is 0 Å². The summed E-state index contributed by atoms with van der Waals surface area (Å²) >= 11 is 0. The maximum Gasteiger partial charge on any atom is 0.0320 e. The van der Waals surface area contributed by atoms with Gasteiger partial charge in [-0.1, -0.05) is 12.5 Å². The van der Waals surface area contributed by atoms with E-state index < -0.39 is 0 Å². The molecule has 1 atom stereocenters. The molecular weight excluding hydrogens is 134 g/mol. The number of hydrogen-bond acceptors (Lipinski definition) is 1. The van der Waals surface area contributed by atoms with Gasteiger partial charge in [0.2, 0.25) is 0 Å². The second kappa shape index (κ2) is 2.54. The summed E-state index contributed by atoms with van der Waals surface area (Å²) in [7, 11) is 0. The molecule has 0 aromatic rings. The van der Waals surface area contributed by atoms with E-state index in [1.54, 1.807) is 0 Å². The first-order valence-electron chi connectivity index (χ1n) is 4.38. The van der Waals surface area contributed by atoms with E-state index in [1.807, 2.05) is 0 Å². The second-order valence-corrected chi connectivity index (χ2v) is 4.42. The smallest absolute Gasteiger partial charge is 0.0320 e. The Morgan fingerprint density at radius 2 is 1.91 bits per heavy atom. The maximum atomic E-state index is 3.52. The molecule has 1 heteroatoms. The zero-order chi connectivity index (χ0) is 8.65. The highest BCUT2D eigenvalue weighted by atomic mass is 15.0. The van der Waals surface area contributed by atoms with Crippen LogP contribution in [0.25, 0.3) is 0 Å². The molecule has 0 spiro atoms. The molecule has 1 aliphatic heterocycles. The Morgan fingerprint density at radius 1 is 1.36 bits per heavy atom. The van der Waals surface area contributed by atoms with E-state index in [0.717, 1.165) is 5.92 Å². The standard InChI is InChI=1S/C10H19N/c1-7-6-10(4,5)11-9(3)8(7)2/h7,11H,6H2,1-5H3. The molecule has 1 aliphatic rings. The maximum absolute atomic E-state index is 3.52. The first kappa shape index (κ1) is 8.63. The lowest BCUT2D eigenvalue weighted by Gasteiger charge is -2.37. The molecule has 0 aliphatic carbocycles. The summed E-state index contributed by atoms with van der Waals surface area (Å²) in [5.74, 6) is 0.742. The number of hydrogen-bond donors (Lipinski definition) is 1. The van der Waals surface area contributed by atoms with Gasteiger partial charge in [-0.2, -0.15) is 0 Å². The van der Waals surface area contributed by atoms with Crippen molar-refractivity contribution in [2.24, 2.45) is 5.92 Å². The summed E-state index contributed by atoms with van der Waals surface area (Å²) in [6.45, 7) is 11.2. The summed E-state index contributed by atoms with van der Waals surface area (Å²) in [6.07, 6.45) is 1.25. The molecule has 11 heavy (non-hydrogen) atoms. The SMILES string of the molecule is CC1=C(C)C(C)CC(C)(C)N1. The molecule has 0 fully saturated rings. The minimum absolute atomic E-state index is 0.295. The summed E-state index contributed by atoms with van der Waals surface area (Å²) < 4.78 is 0. The van der Waals surface area contributed by atoms with Crippen LogP contribution in [0.2, 0.25) is 0 Å². The summed E-state index contributed by atoms with van der Waals surface area (Å²) in [5, 5.41) is 3.52. The first-order valence-corrected chi connectivity index (χ1v) is 4.38. The molecule has 1 N–H and O–H groups in total. The lowest BCUT2D eigenvalue weighted by atomic mass is 9.83. The molecular formula is C10H19N. The van der Waals surface area contributed by atoms with Crippen molar-refractivity contribution < 1.29 is 0 Å². The van der Waals surface area contributed by atoms with Gasteiger partial charge < -0.3 is 5.32 Å². The zero-order valence-electron chi connectivity index (χ0n) is 8.28. The fraction of sp³-hybridized carbons (Fsp3) is 0.800. The van der Waals surface area contributed by atoms with Crippen LogP contribution < -0.4 is 5.32 Å². The molecule has 64 valence electrons. The van der Waals surface area contributed by atoms with Crippen LogP contribution in [0.5, 0.6) is 0 Å². The van der Waals surface area contributed by atoms with Crippen LogP contribution in [-0.4, -0.2) is 5.54 Å². The highest BCUT2D eigenvalue weighted by molar-refractivity contribution is 5.17. The zero-order valence-corrected chi connectivity index (χ0v) is 8.28. The largest absolute Gasteiger partial charge is 0.384 e. The van der Waals surface area contributed by atoms with E-state index >= 15 is 0 Å². The van der Waals surface area contributed by atoms with Gasteiger partial charge in [-0.15, -0.1) is 0 Å². The van der Waals surface area contributed by atoms with E-state index in [2.05, 4.69) is 39.9 Å². The van der Waals surface area contributed by atoms with Crippen LogP contribution in [-0.2, 0) is 0 Å².